The molecule has 2 unspecified atom stereocenters. The minimum atomic E-state index is -0.312. The lowest BCUT2D eigenvalue weighted by Gasteiger charge is -2.23. The van der Waals surface area contributed by atoms with Crippen molar-refractivity contribution in [1.29, 1.82) is 0 Å². The second-order valence-electron chi connectivity index (χ2n) is 4.59. The summed E-state index contributed by atoms with van der Waals surface area (Å²) in [7, 11) is 0. The van der Waals surface area contributed by atoms with E-state index in [2.05, 4.69) is 15.4 Å². The van der Waals surface area contributed by atoms with Crippen LogP contribution in [0, 0.1) is 0 Å². The molecule has 0 amide bonds. The first kappa shape index (κ1) is 13.0. The van der Waals surface area contributed by atoms with Crippen molar-refractivity contribution in [1.82, 2.24) is 15.4 Å². The van der Waals surface area contributed by atoms with E-state index in [-0.39, 0.29) is 12.0 Å². The molecule has 2 aromatic heterocycles. The summed E-state index contributed by atoms with van der Waals surface area (Å²) in [6.07, 6.45) is 6.02. The predicted octanol–water partition coefficient (Wildman–Crippen LogP) is 1.81. The number of nitrogens with one attached hydrogen (secondary N) is 1. The molecular weight excluding hydrogens is 276 g/mol. The SMILES string of the molecule is O=CC1C(c2cccnc2)CNN1c1ccc(Cl)cn1. The summed E-state index contributed by atoms with van der Waals surface area (Å²) in [6, 6.07) is 7.09. The predicted molar refractivity (Wildman–Crippen MR) is 76.6 cm³/mol. The van der Waals surface area contributed by atoms with Gasteiger partial charge in [-0.05, 0) is 23.8 Å². The van der Waals surface area contributed by atoms with Crippen molar-refractivity contribution in [3.05, 3.63) is 53.4 Å². The van der Waals surface area contributed by atoms with Gasteiger partial charge in [0.25, 0.3) is 0 Å². The van der Waals surface area contributed by atoms with Gasteiger partial charge in [-0.2, -0.15) is 0 Å². The normalized spacial score (nSPS) is 21.9. The summed E-state index contributed by atoms with van der Waals surface area (Å²) in [5, 5.41) is 2.35. The zero-order valence-corrected chi connectivity index (χ0v) is 11.4. The molecule has 5 nitrogen and oxygen atoms in total. The molecule has 20 heavy (non-hydrogen) atoms. The second kappa shape index (κ2) is 5.56. The summed E-state index contributed by atoms with van der Waals surface area (Å²) in [4.78, 5) is 19.8. The lowest BCUT2D eigenvalue weighted by Crippen LogP contribution is -2.39. The van der Waals surface area contributed by atoms with Crippen LogP contribution >= 0.6 is 11.6 Å². The average molecular weight is 289 g/mol. The van der Waals surface area contributed by atoms with Gasteiger partial charge in [-0.25, -0.2) is 10.4 Å². The van der Waals surface area contributed by atoms with E-state index in [1.807, 2.05) is 12.1 Å². The summed E-state index contributed by atoms with van der Waals surface area (Å²) >= 11 is 5.83. The van der Waals surface area contributed by atoms with Crippen LogP contribution in [0.25, 0.3) is 0 Å². The third-order valence-electron chi connectivity index (χ3n) is 3.40. The van der Waals surface area contributed by atoms with Gasteiger partial charge in [-0.1, -0.05) is 17.7 Å². The van der Waals surface area contributed by atoms with Crippen LogP contribution in [0.1, 0.15) is 11.5 Å². The van der Waals surface area contributed by atoms with E-state index >= 15 is 0 Å². The molecule has 2 aromatic rings. The van der Waals surface area contributed by atoms with Crippen molar-refractivity contribution in [2.24, 2.45) is 0 Å². The van der Waals surface area contributed by atoms with Gasteiger partial charge in [0.2, 0.25) is 0 Å². The lowest BCUT2D eigenvalue weighted by molar-refractivity contribution is -0.109. The van der Waals surface area contributed by atoms with Gasteiger partial charge >= 0.3 is 0 Å². The quantitative estimate of drug-likeness (QED) is 0.873. The Morgan fingerprint density at radius 3 is 2.90 bits per heavy atom. The molecule has 0 bridgehead atoms. The molecule has 3 rings (SSSR count). The Balaban J connectivity index is 1.88. The fourth-order valence-electron chi connectivity index (χ4n) is 2.41. The van der Waals surface area contributed by atoms with E-state index in [0.717, 1.165) is 11.8 Å². The number of nitrogens with zero attached hydrogens (tertiary/aromatic N) is 3. The highest BCUT2D eigenvalue weighted by atomic mass is 35.5. The van der Waals surface area contributed by atoms with Crippen LogP contribution in [-0.4, -0.2) is 28.8 Å². The molecule has 0 radical (unpaired) electrons. The van der Waals surface area contributed by atoms with Gasteiger partial charge in [0, 0.05) is 31.1 Å². The fraction of sp³-hybridized carbons (Fsp3) is 0.214. The van der Waals surface area contributed by atoms with E-state index in [0.29, 0.717) is 17.4 Å². The molecule has 102 valence electrons. The molecule has 6 heteroatoms. The number of anilines is 1. The van der Waals surface area contributed by atoms with Crippen molar-refractivity contribution in [3.8, 4) is 0 Å². The summed E-state index contributed by atoms with van der Waals surface area (Å²) in [5.41, 5.74) is 4.25. The van der Waals surface area contributed by atoms with Crippen molar-refractivity contribution in [3.63, 3.8) is 0 Å². The Morgan fingerprint density at radius 1 is 1.35 bits per heavy atom. The van der Waals surface area contributed by atoms with Crippen LogP contribution < -0.4 is 10.4 Å². The monoisotopic (exact) mass is 288 g/mol. The maximum atomic E-state index is 11.5. The van der Waals surface area contributed by atoms with Gasteiger partial charge in [-0.15, -0.1) is 0 Å². The minimum absolute atomic E-state index is 0.0543. The largest absolute Gasteiger partial charge is 0.301 e. The zero-order chi connectivity index (χ0) is 13.9. The van der Waals surface area contributed by atoms with Crippen LogP contribution in [0.2, 0.25) is 5.02 Å². The molecule has 0 saturated carbocycles. The molecule has 1 N–H and O–H groups in total. The van der Waals surface area contributed by atoms with Gasteiger partial charge in [-0.3, -0.25) is 9.99 Å². The van der Waals surface area contributed by atoms with E-state index in [9.17, 15) is 4.79 Å². The number of hydrogen-bond acceptors (Lipinski definition) is 5. The number of rotatable bonds is 3. The van der Waals surface area contributed by atoms with E-state index in [1.165, 1.54) is 0 Å². The summed E-state index contributed by atoms with van der Waals surface area (Å²) < 4.78 is 0. The zero-order valence-electron chi connectivity index (χ0n) is 10.6. The number of pyridine rings is 2. The molecule has 1 saturated heterocycles. The Bertz CT molecular complexity index is 590. The Kier molecular flexibility index (Phi) is 3.62. The lowest BCUT2D eigenvalue weighted by atomic mass is 9.95. The maximum Gasteiger partial charge on any atom is 0.144 e. The van der Waals surface area contributed by atoms with Crippen LogP contribution in [-0.2, 0) is 4.79 Å². The summed E-state index contributed by atoms with van der Waals surface area (Å²) in [5.74, 6) is 0.733. The molecule has 1 fully saturated rings. The third kappa shape index (κ3) is 2.37. The first-order valence-corrected chi connectivity index (χ1v) is 6.67. The highest BCUT2D eigenvalue weighted by molar-refractivity contribution is 6.30. The molecule has 1 aliphatic rings. The molecule has 0 aliphatic carbocycles. The number of hydrogen-bond donors (Lipinski definition) is 1. The Hall–Kier alpha value is -1.98. The van der Waals surface area contributed by atoms with E-state index < -0.39 is 0 Å². The standard InChI is InChI=1S/C14H13ClN4O/c15-11-3-4-14(17-7-11)19-13(9-20)12(8-18-19)10-2-1-5-16-6-10/h1-7,9,12-13,18H,8H2. The van der Waals surface area contributed by atoms with E-state index in [4.69, 9.17) is 11.6 Å². The number of halogens is 1. The van der Waals surface area contributed by atoms with Crippen LogP contribution in [0.15, 0.2) is 42.9 Å². The molecule has 0 aromatic carbocycles. The van der Waals surface area contributed by atoms with Gasteiger partial charge in [0.05, 0.1) is 5.02 Å². The molecule has 2 atom stereocenters. The van der Waals surface area contributed by atoms with Crippen molar-refractivity contribution in [2.45, 2.75) is 12.0 Å². The fourth-order valence-corrected chi connectivity index (χ4v) is 2.52. The van der Waals surface area contributed by atoms with Crippen molar-refractivity contribution in [2.75, 3.05) is 11.6 Å². The number of aromatic nitrogens is 2. The van der Waals surface area contributed by atoms with E-state index in [1.54, 1.807) is 35.7 Å². The summed E-state index contributed by atoms with van der Waals surface area (Å²) in [6.45, 7) is 0.666. The van der Waals surface area contributed by atoms with Crippen LogP contribution in [0.5, 0.6) is 0 Å². The first-order valence-electron chi connectivity index (χ1n) is 6.29. The van der Waals surface area contributed by atoms with Crippen LogP contribution in [0.4, 0.5) is 5.82 Å². The minimum Gasteiger partial charge on any atom is -0.301 e. The molecule has 0 spiro atoms. The maximum absolute atomic E-state index is 11.5. The number of carbonyl (C=O) groups is 1. The Labute approximate surface area is 121 Å². The average Bonchev–Trinajstić information content (AvgIpc) is 2.93. The highest BCUT2D eigenvalue weighted by Gasteiger charge is 2.35. The molecular formula is C14H13ClN4O. The van der Waals surface area contributed by atoms with Crippen molar-refractivity contribution >= 4 is 23.7 Å². The molecule has 3 heterocycles. The van der Waals surface area contributed by atoms with Gasteiger partial charge in [0.15, 0.2) is 0 Å². The Morgan fingerprint density at radius 2 is 2.25 bits per heavy atom. The topological polar surface area (TPSA) is 58.1 Å². The third-order valence-corrected chi connectivity index (χ3v) is 3.63. The van der Waals surface area contributed by atoms with Crippen LogP contribution in [0.3, 0.4) is 0 Å². The van der Waals surface area contributed by atoms with Crippen molar-refractivity contribution < 1.29 is 4.79 Å². The molecule has 1 aliphatic heterocycles. The number of hydrazine groups is 1. The second-order valence-corrected chi connectivity index (χ2v) is 5.02. The smallest absolute Gasteiger partial charge is 0.144 e. The number of aldehydes is 1. The highest BCUT2D eigenvalue weighted by Crippen LogP contribution is 2.28. The first-order chi connectivity index (χ1) is 9.79. The van der Waals surface area contributed by atoms with Gasteiger partial charge < -0.3 is 4.79 Å². The van der Waals surface area contributed by atoms with Gasteiger partial charge in [0.1, 0.15) is 18.1 Å². The number of carbonyl (C=O) groups excluding carboxylic acids is 1.